The van der Waals surface area contributed by atoms with E-state index in [2.05, 4.69) is 10.4 Å². The minimum absolute atomic E-state index is 0.0165. The highest BCUT2D eigenvalue weighted by atomic mass is 32.2. The summed E-state index contributed by atoms with van der Waals surface area (Å²) in [5.41, 5.74) is -0.692. The van der Waals surface area contributed by atoms with E-state index in [1.54, 1.807) is 0 Å². The van der Waals surface area contributed by atoms with Crippen molar-refractivity contribution in [1.82, 2.24) is 9.78 Å². The quantitative estimate of drug-likeness (QED) is 0.641. The van der Waals surface area contributed by atoms with Crippen molar-refractivity contribution >= 4 is 15.7 Å². The van der Waals surface area contributed by atoms with Crippen molar-refractivity contribution in [2.45, 2.75) is 11.1 Å². The average Bonchev–Trinajstić information content (AvgIpc) is 3.07. The van der Waals surface area contributed by atoms with Crippen LogP contribution in [0.15, 0.2) is 53.4 Å². The number of hydrogen-bond acceptors (Lipinski definition) is 4. The molecule has 11 heteroatoms. The molecular formula is C17H14F4N4O2S. The van der Waals surface area contributed by atoms with Crippen LogP contribution in [0.5, 0.6) is 0 Å². The zero-order valence-electron chi connectivity index (χ0n) is 14.3. The van der Waals surface area contributed by atoms with E-state index >= 15 is 0 Å². The van der Waals surface area contributed by atoms with Crippen LogP contribution in [-0.2, 0) is 16.2 Å². The molecule has 0 aliphatic carbocycles. The third-order valence-electron chi connectivity index (χ3n) is 3.94. The van der Waals surface area contributed by atoms with E-state index in [0.29, 0.717) is 0 Å². The van der Waals surface area contributed by atoms with Gasteiger partial charge >= 0.3 is 6.18 Å². The molecule has 0 saturated carbocycles. The van der Waals surface area contributed by atoms with Crippen molar-refractivity contribution in [1.29, 1.82) is 0 Å². The maximum absolute atomic E-state index is 14.1. The number of nitrogens with zero attached hydrogens (tertiary/aromatic N) is 2. The molecule has 28 heavy (non-hydrogen) atoms. The summed E-state index contributed by atoms with van der Waals surface area (Å²) in [6.07, 6.45) is -4.72. The molecule has 3 aromatic rings. The molecular weight excluding hydrogens is 400 g/mol. The zero-order chi connectivity index (χ0) is 20.7. The minimum Gasteiger partial charge on any atom is -0.386 e. The molecule has 2 aromatic carbocycles. The fraction of sp³-hybridized carbons (Fsp3) is 0.118. The first-order valence-electron chi connectivity index (χ1n) is 7.79. The van der Waals surface area contributed by atoms with Crippen LogP contribution in [0.4, 0.5) is 23.2 Å². The number of primary sulfonamides is 1. The molecule has 0 aliphatic heterocycles. The van der Waals surface area contributed by atoms with Gasteiger partial charge in [0.25, 0.3) is 0 Å². The van der Waals surface area contributed by atoms with Gasteiger partial charge in [-0.15, -0.1) is 0 Å². The molecule has 0 spiro atoms. The van der Waals surface area contributed by atoms with Crippen molar-refractivity contribution in [3.05, 3.63) is 60.0 Å². The molecule has 1 aromatic heterocycles. The molecule has 0 atom stereocenters. The van der Waals surface area contributed by atoms with Crippen LogP contribution in [0.25, 0.3) is 16.9 Å². The SMILES string of the molecule is CNc1ccc(-c2cc(C(F)(F)F)nn2-c2ccc(S(N)(=O)=O)cc2)cc1F. The summed E-state index contributed by atoms with van der Waals surface area (Å²) in [5.74, 6) is -0.647. The largest absolute Gasteiger partial charge is 0.435 e. The van der Waals surface area contributed by atoms with Crippen LogP contribution in [0.2, 0.25) is 0 Å². The van der Waals surface area contributed by atoms with Gasteiger partial charge in [-0.2, -0.15) is 18.3 Å². The smallest absolute Gasteiger partial charge is 0.386 e. The highest BCUT2D eigenvalue weighted by molar-refractivity contribution is 7.89. The van der Waals surface area contributed by atoms with Crippen molar-refractivity contribution in [3.8, 4) is 16.9 Å². The zero-order valence-corrected chi connectivity index (χ0v) is 15.1. The highest BCUT2D eigenvalue weighted by Crippen LogP contribution is 2.34. The summed E-state index contributed by atoms with van der Waals surface area (Å²) in [6, 6.07) is 9.52. The molecule has 3 rings (SSSR count). The van der Waals surface area contributed by atoms with E-state index < -0.39 is 27.7 Å². The molecule has 0 fully saturated rings. The van der Waals surface area contributed by atoms with Gasteiger partial charge in [-0.25, -0.2) is 22.6 Å². The first-order chi connectivity index (χ1) is 13.0. The Morgan fingerprint density at radius 2 is 1.71 bits per heavy atom. The third-order valence-corrected chi connectivity index (χ3v) is 4.87. The average molecular weight is 414 g/mol. The van der Waals surface area contributed by atoms with E-state index in [1.807, 2.05) is 0 Å². The van der Waals surface area contributed by atoms with Crippen LogP contribution < -0.4 is 10.5 Å². The molecule has 0 aliphatic rings. The van der Waals surface area contributed by atoms with Crippen molar-refractivity contribution < 1.29 is 26.0 Å². The Bertz CT molecular complexity index is 1120. The lowest BCUT2D eigenvalue weighted by Gasteiger charge is -2.10. The standard InChI is InChI=1S/C17H14F4N4O2S/c1-23-14-7-2-10(8-13(14)18)15-9-16(17(19,20)21)24-25(15)11-3-5-12(6-4-11)28(22,26)27/h2-9,23H,1H3,(H2,22,26,27). The molecule has 6 nitrogen and oxygen atoms in total. The van der Waals surface area contributed by atoms with Gasteiger partial charge in [0.05, 0.1) is 22.0 Å². The topological polar surface area (TPSA) is 90.0 Å². The van der Waals surface area contributed by atoms with Crippen LogP contribution in [0, 0.1) is 5.82 Å². The summed E-state index contributed by atoms with van der Waals surface area (Å²) >= 11 is 0. The lowest BCUT2D eigenvalue weighted by molar-refractivity contribution is -0.141. The van der Waals surface area contributed by atoms with Gasteiger partial charge in [0.2, 0.25) is 10.0 Å². The van der Waals surface area contributed by atoms with Crippen LogP contribution >= 0.6 is 0 Å². The fourth-order valence-electron chi connectivity index (χ4n) is 2.58. The maximum Gasteiger partial charge on any atom is 0.435 e. The van der Waals surface area contributed by atoms with Gasteiger partial charge in [0.15, 0.2) is 5.69 Å². The Morgan fingerprint density at radius 1 is 1.07 bits per heavy atom. The molecule has 0 saturated heterocycles. The summed E-state index contributed by atoms with van der Waals surface area (Å²) in [5, 5.41) is 11.2. The van der Waals surface area contributed by atoms with Gasteiger partial charge in [0, 0.05) is 12.6 Å². The molecule has 0 amide bonds. The number of aromatic nitrogens is 2. The second-order valence-electron chi connectivity index (χ2n) is 5.81. The number of benzene rings is 2. The number of nitrogens with two attached hydrogens (primary N) is 1. The Morgan fingerprint density at radius 3 is 2.21 bits per heavy atom. The second kappa shape index (κ2) is 6.91. The maximum atomic E-state index is 14.1. The minimum atomic E-state index is -4.72. The van der Waals surface area contributed by atoms with Crippen molar-refractivity contribution in [3.63, 3.8) is 0 Å². The van der Waals surface area contributed by atoms with E-state index in [9.17, 15) is 26.0 Å². The Hall–Kier alpha value is -2.92. The van der Waals surface area contributed by atoms with Gasteiger partial charge in [-0.05, 0) is 42.5 Å². The van der Waals surface area contributed by atoms with Crippen molar-refractivity contribution in [2.75, 3.05) is 12.4 Å². The molecule has 3 N–H and O–H groups in total. The number of sulfonamides is 1. The van der Waals surface area contributed by atoms with Crippen molar-refractivity contribution in [2.24, 2.45) is 5.14 Å². The lowest BCUT2D eigenvalue weighted by Crippen LogP contribution is -2.12. The molecule has 1 heterocycles. The van der Waals surface area contributed by atoms with Gasteiger partial charge in [-0.3, -0.25) is 0 Å². The summed E-state index contributed by atoms with van der Waals surface area (Å²) in [6.45, 7) is 0. The van der Waals surface area contributed by atoms with Gasteiger partial charge in [0.1, 0.15) is 5.82 Å². The Kier molecular flexibility index (Phi) is 4.90. The first kappa shape index (κ1) is 19.8. The first-order valence-corrected chi connectivity index (χ1v) is 9.33. The number of anilines is 1. The van der Waals surface area contributed by atoms with E-state index in [1.165, 1.54) is 31.3 Å². The van der Waals surface area contributed by atoms with E-state index in [4.69, 9.17) is 5.14 Å². The molecule has 0 radical (unpaired) electrons. The number of hydrogen-bond donors (Lipinski definition) is 2. The summed E-state index contributed by atoms with van der Waals surface area (Å²) in [7, 11) is -2.45. The monoisotopic (exact) mass is 414 g/mol. The second-order valence-corrected chi connectivity index (χ2v) is 7.37. The summed E-state index contributed by atoms with van der Waals surface area (Å²) < 4.78 is 77.3. The summed E-state index contributed by atoms with van der Waals surface area (Å²) in [4.78, 5) is -0.203. The molecule has 148 valence electrons. The third kappa shape index (κ3) is 3.85. The highest BCUT2D eigenvalue weighted by Gasteiger charge is 2.35. The predicted molar refractivity (Wildman–Crippen MR) is 94.9 cm³/mol. The normalized spacial score (nSPS) is 12.2. The van der Waals surface area contributed by atoms with Gasteiger partial charge < -0.3 is 5.32 Å². The predicted octanol–water partition coefficient (Wildman–Crippen LogP) is 3.39. The number of rotatable bonds is 4. The Balaban J connectivity index is 2.18. The number of alkyl halides is 3. The molecule has 0 unspecified atom stereocenters. The number of halogens is 4. The lowest BCUT2D eigenvalue weighted by atomic mass is 10.1. The Labute approximate surface area is 157 Å². The van der Waals surface area contributed by atoms with Crippen LogP contribution in [-0.4, -0.2) is 25.2 Å². The van der Waals surface area contributed by atoms with E-state index in [-0.39, 0.29) is 27.5 Å². The van der Waals surface area contributed by atoms with Gasteiger partial charge in [-0.1, -0.05) is 6.07 Å². The fourth-order valence-corrected chi connectivity index (χ4v) is 3.09. The van der Waals surface area contributed by atoms with Crippen LogP contribution in [0.3, 0.4) is 0 Å². The van der Waals surface area contributed by atoms with E-state index in [0.717, 1.165) is 28.9 Å². The number of nitrogens with one attached hydrogen (secondary N) is 1. The van der Waals surface area contributed by atoms with Crippen LogP contribution in [0.1, 0.15) is 5.69 Å². The molecule has 0 bridgehead atoms.